The lowest BCUT2D eigenvalue weighted by molar-refractivity contribution is -0.142. The van der Waals surface area contributed by atoms with Crippen LogP contribution in [0.15, 0.2) is 35.3 Å². The van der Waals surface area contributed by atoms with E-state index in [0.717, 1.165) is 0 Å². The van der Waals surface area contributed by atoms with Crippen molar-refractivity contribution in [3.63, 3.8) is 0 Å². The molecule has 114 valence electrons. The van der Waals surface area contributed by atoms with Gasteiger partial charge in [-0.05, 0) is 24.6 Å². The SMILES string of the molecule is CCOC(=O)CC=Cc1ccc2[nH]cc(C(=O)O)c(=O)c2c1. The molecule has 0 atom stereocenters. The van der Waals surface area contributed by atoms with Crippen molar-refractivity contribution in [3.8, 4) is 0 Å². The van der Waals surface area contributed by atoms with Crippen LogP contribution in [0.5, 0.6) is 0 Å². The van der Waals surface area contributed by atoms with E-state index in [9.17, 15) is 14.4 Å². The van der Waals surface area contributed by atoms with Crippen LogP contribution in [-0.4, -0.2) is 28.6 Å². The third-order valence-electron chi connectivity index (χ3n) is 3.04. The van der Waals surface area contributed by atoms with Crippen LogP contribution in [0.25, 0.3) is 17.0 Å². The van der Waals surface area contributed by atoms with E-state index in [-0.39, 0.29) is 23.3 Å². The predicted molar refractivity (Wildman–Crippen MR) is 81.8 cm³/mol. The van der Waals surface area contributed by atoms with Crippen LogP contribution in [0.1, 0.15) is 29.3 Å². The largest absolute Gasteiger partial charge is 0.477 e. The Kier molecular flexibility index (Phi) is 4.73. The van der Waals surface area contributed by atoms with E-state index in [0.29, 0.717) is 17.7 Å². The zero-order chi connectivity index (χ0) is 16.1. The molecule has 0 spiro atoms. The summed E-state index contributed by atoms with van der Waals surface area (Å²) in [6.07, 6.45) is 4.64. The minimum atomic E-state index is -1.27. The van der Waals surface area contributed by atoms with Crippen molar-refractivity contribution in [2.45, 2.75) is 13.3 Å². The smallest absolute Gasteiger partial charge is 0.341 e. The highest BCUT2D eigenvalue weighted by Gasteiger charge is 2.11. The number of pyridine rings is 1. The van der Waals surface area contributed by atoms with Gasteiger partial charge in [0.25, 0.3) is 0 Å². The number of rotatable bonds is 5. The number of esters is 1. The molecule has 0 aliphatic rings. The highest BCUT2D eigenvalue weighted by molar-refractivity contribution is 5.92. The zero-order valence-electron chi connectivity index (χ0n) is 12.0. The number of carbonyl (C=O) groups excluding carboxylic acids is 1. The molecule has 1 aromatic heterocycles. The van der Waals surface area contributed by atoms with Crippen LogP contribution in [-0.2, 0) is 9.53 Å². The van der Waals surface area contributed by atoms with Gasteiger partial charge in [0.1, 0.15) is 5.56 Å². The van der Waals surface area contributed by atoms with Crippen molar-refractivity contribution in [2.24, 2.45) is 0 Å². The van der Waals surface area contributed by atoms with Gasteiger partial charge in [0.05, 0.1) is 13.0 Å². The van der Waals surface area contributed by atoms with Crippen LogP contribution in [0.4, 0.5) is 0 Å². The Morgan fingerprint density at radius 3 is 2.82 bits per heavy atom. The second-order valence-corrected chi connectivity index (χ2v) is 4.55. The first-order valence-electron chi connectivity index (χ1n) is 6.74. The molecular weight excluding hydrogens is 286 g/mol. The molecule has 2 aromatic rings. The molecule has 0 radical (unpaired) electrons. The number of hydrogen-bond acceptors (Lipinski definition) is 4. The molecule has 0 aliphatic carbocycles. The predicted octanol–water partition coefficient (Wildman–Crippen LogP) is 2.19. The standard InChI is InChI=1S/C16H15NO5/c1-2-22-14(18)5-3-4-10-6-7-13-11(8-10)15(19)12(9-17-13)16(20)21/h3-4,6-9H,2,5H2,1H3,(H,17,19)(H,20,21). The Bertz CT molecular complexity index is 804. The number of aromatic amines is 1. The number of H-pyrrole nitrogens is 1. The van der Waals surface area contributed by atoms with E-state index in [4.69, 9.17) is 9.84 Å². The number of fused-ring (bicyclic) bond motifs is 1. The molecule has 2 rings (SSSR count). The van der Waals surface area contributed by atoms with Gasteiger partial charge in [0.2, 0.25) is 5.43 Å². The number of carboxylic acid groups (broad SMARTS) is 1. The van der Waals surface area contributed by atoms with E-state index < -0.39 is 11.4 Å². The highest BCUT2D eigenvalue weighted by Crippen LogP contribution is 2.13. The molecule has 0 saturated heterocycles. The van der Waals surface area contributed by atoms with E-state index in [2.05, 4.69) is 4.98 Å². The summed E-state index contributed by atoms with van der Waals surface area (Å²) in [7, 11) is 0. The van der Waals surface area contributed by atoms with Crippen LogP contribution < -0.4 is 5.43 Å². The third-order valence-corrected chi connectivity index (χ3v) is 3.04. The molecule has 0 unspecified atom stereocenters. The quantitative estimate of drug-likeness (QED) is 0.825. The second-order valence-electron chi connectivity index (χ2n) is 4.55. The normalized spacial score (nSPS) is 11.0. The summed E-state index contributed by atoms with van der Waals surface area (Å²) in [6.45, 7) is 2.06. The number of hydrogen-bond donors (Lipinski definition) is 2. The van der Waals surface area contributed by atoms with Gasteiger partial charge < -0.3 is 14.8 Å². The Balaban J connectivity index is 2.31. The summed E-state index contributed by atoms with van der Waals surface area (Å²) >= 11 is 0. The number of carboxylic acids is 1. The summed E-state index contributed by atoms with van der Waals surface area (Å²) in [4.78, 5) is 37.1. The molecule has 2 N–H and O–H groups in total. The van der Waals surface area contributed by atoms with E-state index in [1.165, 1.54) is 6.20 Å². The zero-order valence-corrected chi connectivity index (χ0v) is 12.0. The molecule has 0 aliphatic heterocycles. The summed E-state index contributed by atoms with van der Waals surface area (Å²) in [5.41, 5.74) is 0.407. The van der Waals surface area contributed by atoms with Crippen molar-refractivity contribution >= 4 is 28.9 Å². The molecule has 0 bridgehead atoms. The fourth-order valence-corrected chi connectivity index (χ4v) is 2.01. The van der Waals surface area contributed by atoms with Crippen LogP contribution in [0.2, 0.25) is 0 Å². The van der Waals surface area contributed by atoms with Crippen LogP contribution >= 0.6 is 0 Å². The first-order chi connectivity index (χ1) is 10.5. The average Bonchev–Trinajstić information content (AvgIpc) is 2.48. The average molecular weight is 301 g/mol. The lowest BCUT2D eigenvalue weighted by Gasteiger charge is -2.01. The van der Waals surface area contributed by atoms with Gasteiger partial charge in [-0.15, -0.1) is 0 Å². The van der Waals surface area contributed by atoms with E-state index >= 15 is 0 Å². The van der Waals surface area contributed by atoms with Gasteiger partial charge in [-0.2, -0.15) is 0 Å². The number of aromatic nitrogens is 1. The monoisotopic (exact) mass is 301 g/mol. The first-order valence-corrected chi connectivity index (χ1v) is 6.74. The Labute approximate surface area is 126 Å². The van der Waals surface area contributed by atoms with E-state index in [1.807, 2.05) is 0 Å². The number of nitrogens with one attached hydrogen (secondary N) is 1. The number of carbonyl (C=O) groups is 2. The maximum absolute atomic E-state index is 12.1. The van der Waals surface area contributed by atoms with Gasteiger partial charge in [0, 0.05) is 17.1 Å². The Hall–Kier alpha value is -2.89. The minimum Gasteiger partial charge on any atom is -0.477 e. The summed E-state index contributed by atoms with van der Waals surface area (Å²) in [5.74, 6) is -1.60. The molecular formula is C16H15NO5. The van der Waals surface area contributed by atoms with Crippen molar-refractivity contribution in [2.75, 3.05) is 6.61 Å². The molecule has 0 amide bonds. The van der Waals surface area contributed by atoms with Crippen molar-refractivity contribution < 1.29 is 19.4 Å². The Morgan fingerprint density at radius 2 is 2.14 bits per heavy atom. The van der Waals surface area contributed by atoms with Gasteiger partial charge >= 0.3 is 11.9 Å². The number of benzene rings is 1. The topological polar surface area (TPSA) is 96.5 Å². The maximum Gasteiger partial charge on any atom is 0.341 e. The van der Waals surface area contributed by atoms with Crippen molar-refractivity contribution in [3.05, 3.63) is 51.8 Å². The summed E-state index contributed by atoms with van der Waals surface area (Å²) in [5, 5.41) is 9.25. The minimum absolute atomic E-state index is 0.136. The number of aromatic carboxylic acids is 1. The Morgan fingerprint density at radius 1 is 1.36 bits per heavy atom. The molecule has 6 heteroatoms. The molecule has 1 aromatic carbocycles. The molecule has 1 heterocycles. The maximum atomic E-state index is 12.1. The molecule has 0 fully saturated rings. The van der Waals surface area contributed by atoms with Gasteiger partial charge in [0.15, 0.2) is 0 Å². The van der Waals surface area contributed by atoms with Gasteiger partial charge in [-0.25, -0.2) is 4.79 Å². The summed E-state index contributed by atoms with van der Waals surface area (Å²) in [6, 6.07) is 5.04. The summed E-state index contributed by atoms with van der Waals surface area (Å²) < 4.78 is 4.80. The number of ether oxygens (including phenoxy) is 1. The molecule has 0 saturated carbocycles. The first kappa shape index (κ1) is 15.5. The highest BCUT2D eigenvalue weighted by atomic mass is 16.5. The molecule has 22 heavy (non-hydrogen) atoms. The second kappa shape index (κ2) is 6.71. The van der Waals surface area contributed by atoms with Crippen LogP contribution in [0.3, 0.4) is 0 Å². The van der Waals surface area contributed by atoms with Gasteiger partial charge in [-0.1, -0.05) is 18.2 Å². The van der Waals surface area contributed by atoms with Gasteiger partial charge in [-0.3, -0.25) is 9.59 Å². The lowest BCUT2D eigenvalue weighted by atomic mass is 10.1. The lowest BCUT2D eigenvalue weighted by Crippen LogP contribution is -2.15. The fourth-order valence-electron chi connectivity index (χ4n) is 2.01. The van der Waals surface area contributed by atoms with Crippen LogP contribution in [0, 0.1) is 0 Å². The third kappa shape index (κ3) is 3.41. The van der Waals surface area contributed by atoms with E-state index in [1.54, 1.807) is 37.3 Å². The molecule has 6 nitrogen and oxygen atoms in total. The van der Waals surface area contributed by atoms with Crippen molar-refractivity contribution in [1.29, 1.82) is 0 Å². The fraction of sp³-hybridized carbons (Fsp3) is 0.188. The van der Waals surface area contributed by atoms with Crippen molar-refractivity contribution in [1.82, 2.24) is 4.98 Å².